The molecule has 0 bridgehead atoms. The fourth-order valence-corrected chi connectivity index (χ4v) is 1.98. The quantitative estimate of drug-likeness (QED) is 0.539. The number of nitrogens with two attached hydrogens (primary N) is 1. The molecule has 1 fully saturated rings. The van der Waals surface area contributed by atoms with E-state index in [-0.39, 0.29) is 11.9 Å². The number of carbonyl (C=O) groups is 1. The summed E-state index contributed by atoms with van der Waals surface area (Å²) in [6.45, 7) is 3.18. The second-order valence-electron chi connectivity index (χ2n) is 4.40. The molecule has 1 unspecified atom stereocenters. The monoisotopic (exact) mass is 250 g/mol. The lowest BCUT2D eigenvalue weighted by molar-refractivity contribution is 0.0624. The molecule has 1 aliphatic rings. The Kier molecular flexibility index (Phi) is 4.11. The number of ether oxygens (including phenoxy) is 1. The van der Waals surface area contributed by atoms with Crippen molar-refractivity contribution in [3.8, 4) is 0 Å². The molecule has 98 valence electrons. The van der Waals surface area contributed by atoms with Crippen LogP contribution in [0.25, 0.3) is 0 Å². The Balaban J connectivity index is 2.08. The molecule has 1 amide bonds. The van der Waals surface area contributed by atoms with E-state index in [0.717, 1.165) is 25.1 Å². The normalized spacial score (nSPS) is 19.3. The number of nitrogens with zero attached hydrogens (tertiary/aromatic N) is 1. The Labute approximate surface area is 106 Å². The van der Waals surface area contributed by atoms with E-state index in [1.54, 1.807) is 6.07 Å². The van der Waals surface area contributed by atoms with Crippen LogP contribution in [-0.4, -0.2) is 30.1 Å². The van der Waals surface area contributed by atoms with Crippen molar-refractivity contribution >= 4 is 11.6 Å². The Morgan fingerprint density at radius 2 is 2.44 bits per heavy atom. The fourth-order valence-electron chi connectivity index (χ4n) is 1.98. The summed E-state index contributed by atoms with van der Waals surface area (Å²) in [6, 6.07) is 1.81. The summed E-state index contributed by atoms with van der Waals surface area (Å²) < 4.78 is 5.32. The number of pyridine rings is 1. The van der Waals surface area contributed by atoms with E-state index < -0.39 is 0 Å². The van der Waals surface area contributed by atoms with E-state index in [9.17, 15) is 4.79 Å². The lowest BCUT2D eigenvalue weighted by atomic mass is 10.1. The van der Waals surface area contributed by atoms with E-state index >= 15 is 0 Å². The second kappa shape index (κ2) is 5.79. The highest BCUT2D eigenvalue weighted by Crippen LogP contribution is 2.15. The molecule has 2 heterocycles. The van der Waals surface area contributed by atoms with Crippen LogP contribution in [0.2, 0.25) is 0 Å². The van der Waals surface area contributed by atoms with Crippen LogP contribution in [-0.2, 0) is 4.74 Å². The first-order chi connectivity index (χ1) is 8.70. The molecule has 1 aliphatic heterocycles. The fraction of sp³-hybridized carbons (Fsp3) is 0.500. The minimum atomic E-state index is -0.175. The van der Waals surface area contributed by atoms with Crippen molar-refractivity contribution < 1.29 is 9.53 Å². The topological polar surface area (TPSA) is 89.3 Å². The number of aryl methyl sites for hydroxylation is 1. The average molecular weight is 250 g/mol. The van der Waals surface area contributed by atoms with Gasteiger partial charge >= 0.3 is 0 Å². The number of nitrogen functional groups attached to an aromatic ring is 1. The first kappa shape index (κ1) is 12.8. The number of carbonyl (C=O) groups excluding carboxylic acids is 1. The van der Waals surface area contributed by atoms with Crippen molar-refractivity contribution in [1.82, 2.24) is 10.3 Å². The Bertz CT molecular complexity index is 430. The number of nitrogens with one attached hydrogen (secondary N) is 2. The van der Waals surface area contributed by atoms with Crippen molar-refractivity contribution in [1.29, 1.82) is 0 Å². The van der Waals surface area contributed by atoms with Crippen molar-refractivity contribution in [2.24, 2.45) is 5.84 Å². The third kappa shape index (κ3) is 2.96. The number of anilines is 1. The Hall–Kier alpha value is -1.66. The molecule has 6 heteroatoms. The van der Waals surface area contributed by atoms with E-state index in [1.165, 1.54) is 6.20 Å². The summed E-state index contributed by atoms with van der Waals surface area (Å²) in [5.74, 6) is 5.23. The maximum atomic E-state index is 12.1. The number of aromatic nitrogens is 1. The zero-order valence-electron chi connectivity index (χ0n) is 10.4. The van der Waals surface area contributed by atoms with Crippen LogP contribution < -0.4 is 16.6 Å². The van der Waals surface area contributed by atoms with Crippen LogP contribution in [0.1, 0.15) is 28.9 Å². The van der Waals surface area contributed by atoms with Gasteiger partial charge in [-0.05, 0) is 25.8 Å². The predicted octanol–water partition coefficient (Wildman–Crippen LogP) is 0.584. The van der Waals surface area contributed by atoms with Gasteiger partial charge in [0, 0.05) is 18.5 Å². The molecule has 1 atom stereocenters. The second-order valence-corrected chi connectivity index (χ2v) is 4.40. The van der Waals surface area contributed by atoms with E-state index in [4.69, 9.17) is 10.6 Å². The van der Waals surface area contributed by atoms with Gasteiger partial charge in [0.25, 0.3) is 5.91 Å². The minimum Gasteiger partial charge on any atom is -0.379 e. The molecule has 0 saturated carbocycles. The molecule has 18 heavy (non-hydrogen) atoms. The van der Waals surface area contributed by atoms with Gasteiger partial charge in [0.2, 0.25) is 0 Å². The number of hydrogen-bond acceptors (Lipinski definition) is 5. The summed E-state index contributed by atoms with van der Waals surface area (Å²) in [4.78, 5) is 16.2. The van der Waals surface area contributed by atoms with Crippen molar-refractivity contribution in [3.63, 3.8) is 0 Å². The summed E-state index contributed by atoms with van der Waals surface area (Å²) in [5, 5.41) is 2.93. The number of amides is 1. The zero-order chi connectivity index (χ0) is 13.0. The third-order valence-corrected chi connectivity index (χ3v) is 2.94. The van der Waals surface area contributed by atoms with Gasteiger partial charge in [-0.2, -0.15) is 0 Å². The van der Waals surface area contributed by atoms with Crippen LogP contribution in [0.15, 0.2) is 12.3 Å². The molecule has 2 rings (SSSR count). The van der Waals surface area contributed by atoms with Crippen LogP contribution in [0.4, 0.5) is 5.69 Å². The Morgan fingerprint density at radius 3 is 3.11 bits per heavy atom. The summed E-state index contributed by atoms with van der Waals surface area (Å²) in [7, 11) is 0. The first-order valence-electron chi connectivity index (χ1n) is 6.02. The van der Waals surface area contributed by atoms with E-state index in [1.807, 2.05) is 6.92 Å². The molecule has 0 spiro atoms. The number of hydrazine groups is 1. The lowest BCUT2D eigenvalue weighted by Crippen LogP contribution is -2.41. The van der Waals surface area contributed by atoms with Crippen molar-refractivity contribution in [3.05, 3.63) is 23.5 Å². The maximum Gasteiger partial charge on any atom is 0.255 e. The first-order valence-corrected chi connectivity index (χ1v) is 6.02. The molecule has 4 N–H and O–H groups in total. The molecule has 1 aromatic heterocycles. The SMILES string of the molecule is Cc1cc(NN)c(C(=O)NC2CCCOC2)cn1. The molecule has 0 aromatic carbocycles. The molecule has 6 nitrogen and oxygen atoms in total. The van der Waals surface area contributed by atoms with Crippen LogP contribution in [0.5, 0.6) is 0 Å². The smallest absolute Gasteiger partial charge is 0.255 e. The van der Waals surface area contributed by atoms with Crippen molar-refractivity contribution in [2.45, 2.75) is 25.8 Å². The average Bonchev–Trinajstić information content (AvgIpc) is 2.39. The highest BCUT2D eigenvalue weighted by atomic mass is 16.5. The van der Waals surface area contributed by atoms with Crippen molar-refractivity contribution in [2.75, 3.05) is 18.6 Å². The molecular weight excluding hydrogens is 232 g/mol. The number of rotatable bonds is 3. The van der Waals surface area contributed by atoms with E-state index in [0.29, 0.717) is 17.9 Å². The minimum absolute atomic E-state index is 0.0678. The summed E-state index contributed by atoms with van der Waals surface area (Å²) in [5.41, 5.74) is 4.36. The van der Waals surface area contributed by atoms with Gasteiger partial charge in [-0.25, -0.2) is 0 Å². The molecule has 1 aromatic rings. The van der Waals surface area contributed by atoms with Gasteiger partial charge in [0.15, 0.2) is 0 Å². The van der Waals surface area contributed by atoms with Gasteiger partial charge in [-0.15, -0.1) is 0 Å². The van der Waals surface area contributed by atoms with Gasteiger partial charge in [0.1, 0.15) is 0 Å². The molecule has 1 saturated heterocycles. The molecule has 0 radical (unpaired) electrons. The third-order valence-electron chi connectivity index (χ3n) is 2.94. The molecule has 0 aliphatic carbocycles. The summed E-state index contributed by atoms with van der Waals surface area (Å²) in [6.07, 6.45) is 3.44. The Morgan fingerprint density at radius 1 is 1.61 bits per heavy atom. The lowest BCUT2D eigenvalue weighted by Gasteiger charge is -2.23. The molecular formula is C12H18N4O2. The van der Waals surface area contributed by atoms with Crippen LogP contribution in [0.3, 0.4) is 0 Å². The summed E-state index contributed by atoms with van der Waals surface area (Å²) >= 11 is 0. The number of hydrogen-bond donors (Lipinski definition) is 3. The standard InChI is InChI=1S/C12H18N4O2/c1-8-5-11(16-13)10(6-14-8)12(17)15-9-3-2-4-18-7-9/h5-6,9H,2-4,7,13H2,1H3,(H,14,16)(H,15,17). The van der Waals surface area contributed by atoms with E-state index in [2.05, 4.69) is 15.7 Å². The van der Waals surface area contributed by atoms with Gasteiger partial charge < -0.3 is 15.5 Å². The van der Waals surface area contributed by atoms with Gasteiger partial charge in [0.05, 0.1) is 23.9 Å². The maximum absolute atomic E-state index is 12.1. The highest BCUT2D eigenvalue weighted by Gasteiger charge is 2.19. The van der Waals surface area contributed by atoms with Crippen LogP contribution in [0, 0.1) is 6.92 Å². The zero-order valence-corrected chi connectivity index (χ0v) is 10.4. The largest absolute Gasteiger partial charge is 0.379 e. The van der Waals surface area contributed by atoms with Gasteiger partial charge in [-0.3, -0.25) is 15.6 Å². The predicted molar refractivity (Wildman–Crippen MR) is 68.1 cm³/mol. The highest BCUT2D eigenvalue weighted by molar-refractivity contribution is 5.99. The van der Waals surface area contributed by atoms with Crippen LogP contribution >= 0.6 is 0 Å². The van der Waals surface area contributed by atoms with Gasteiger partial charge in [-0.1, -0.05) is 0 Å².